The predicted molar refractivity (Wildman–Crippen MR) is 175 cm³/mol. The van der Waals surface area contributed by atoms with Crippen molar-refractivity contribution in [1.82, 2.24) is 14.8 Å². The fourth-order valence-electron chi connectivity index (χ4n) is 6.56. The average Bonchev–Trinajstić information content (AvgIpc) is 3.80. The van der Waals surface area contributed by atoms with Gasteiger partial charge < -0.3 is 13.9 Å². The molecular formula is C34H37ClN4O6S. The first-order valence-corrected chi connectivity index (χ1v) is 16.9. The van der Waals surface area contributed by atoms with E-state index in [0.717, 1.165) is 16.3 Å². The number of hydrogen-bond donors (Lipinski definition) is 0. The number of methoxy groups -OCH3 is 2. The minimum absolute atomic E-state index is 0.0525. The molecule has 1 amide bonds. The smallest absolute Gasteiger partial charge is 0.271 e. The lowest BCUT2D eigenvalue weighted by molar-refractivity contribution is -0.127. The van der Waals surface area contributed by atoms with Crippen molar-refractivity contribution < 1.29 is 27.1 Å². The van der Waals surface area contributed by atoms with E-state index >= 15 is 4.79 Å². The Morgan fingerprint density at radius 2 is 1.83 bits per heavy atom. The summed E-state index contributed by atoms with van der Waals surface area (Å²) in [6.07, 6.45) is 4.45. The molecule has 242 valence electrons. The fourth-order valence-corrected chi connectivity index (χ4v) is 8.19. The number of rotatable bonds is 10. The first-order chi connectivity index (χ1) is 22.0. The molecule has 1 saturated heterocycles. The number of oxazole rings is 1. The second-order valence-corrected chi connectivity index (χ2v) is 14.1. The van der Waals surface area contributed by atoms with Crippen LogP contribution in [0.3, 0.4) is 0 Å². The van der Waals surface area contributed by atoms with Gasteiger partial charge in [-0.3, -0.25) is 14.6 Å². The topological polar surface area (TPSA) is 105 Å². The van der Waals surface area contributed by atoms with Gasteiger partial charge >= 0.3 is 0 Å². The lowest BCUT2D eigenvalue weighted by atomic mass is 9.80. The maximum atomic E-state index is 15.5. The summed E-state index contributed by atoms with van der Waals surface area (Å²) in [7, 11) is 0.672. The maximum absolute atomic E-state index is 15.5. The zero-order valence-electron chi connectivity index (χ0n) is 26.4. The average molecular weight is 665 g/mol. The maximum Gasteiger partial charge on any atom is 0.271 e. The molecule has 3 heterocycles. The van der Waals surface area contributed by atoms with Gasteiger partial charge in [0.05, 0.1) is 37.0 Å². The lowest BCUT2D eigenvalue weighted by Crippen LogP contribution is -2.54. The summed E-state index contributed by atoms with van der Waals surface area (Å²) in [4.78, 5) is 24.1. The second kappa shape index (κ2) is 12.4. The molecule has 0 spiro atoms. The van der Waals surface area contributed by atoms with Crippen LogP contribution in [0.15, 0.2) is 82.4 Å². The Bertz CT molecular complexity index is 1850. The van der Waals surface area contributed by atoms with Gasteiger partial charge in [0.1, 0.15) is 17.8 Å². The Hall–Kier alpha value is -3.90. The summed E-state index contributed by atoms with van der Waals surface area (Å²) in [5.74, 6) is 0.718. The normalized spacial score (nSPS) is 20.1. The zero-order valence-corrected chi connectivity index (χ0v) is 28.0. The number of halogens is 1. The molecule has 0 bridgehead atoms. The zero-order chi connectivity index (χ0) is 32.8. The summed E-state index contributed by atoms with van der Waals surface area (Å²) >= 11 is 6.67. The summed E-state index contributed by atoms with van der Waals surface area (Å²) < 4.78 is 47.0. The van der Waals surface area contributed by atoms with Crippen molar-refractivity contribution in [3.63, 3.8) is 0 Å². The van der Waals surface area contributed by atoms with Crippen molar-refractivity contribution >= 4 is 33.2 Å². The van der Waals surface area contributed by atoms with E-state index in [1.807, 2.05) is 30.1 Å². The Morgan fingerprint density at radius 3 is 2.48 bits per heavy atom. The number of aromatic nitrogens is 1. The Kier molecular flexibility index (Phi) is 8.62. The van der Waals surface area contributed by atoms with Crippen LogP contribution >= 0.6 is 11.6 Å². The van der Waals surface area contributed by atoms with E-state index in [-0.39, 0.29) is 16.6 Å². The number of fused-ring (bicyclic) bond motifs is 1. The van der Waals surface area contributed by atoms with Crippen molar-refractivity contribution in [3.05, 3.63) is 101 Å². The third-order valence-electron chi connectivity index (χ3n) is 9.05. The van der Waals surface area contributed by atoms with E-state index in [0.29, 0.717) is 53.0 Å². The summed E-state index contributed by atoms with van der Waals surface area (Å²) in [5.41, 5.74) is 0.450. The minimum atomic E-state index is -4.41. The summed E-state index contributed by atoms with van der Waals surface area (Å²) in [5, 5.41) is 0.362. The number of benzene rings is 3. The quantitative estimate of drug-likeness (QED) is 0.202. The molecule has 0 saturated carbocycles. The molecule has 0 radical (unpaired) electrons. The molecule has 1 aromatic heterocycles. The van der Waals surface area contributed by atoms with Gasteiger partial charge in [0, 0.05) is 35.3 Å². The molecule has 2 aliphatic heterocycles. The molecule has 0 N–H and O–H groups in total. The molecule has 3 aromatic carbocycles. The van der Waals surface area contributed by atoms with Crippen LogP contribution in [0.25, 0.3) is 0 Å². The van der Waals surface area contributed by atoms with Crippen molar-refractivity contribution in [2.24, 2.45) is 0 Å². The van der Waals surface area contributed by atoms with Gasteiger partial charge in [0.2, 0.25) is 5.89 Å². The van der Waals surface area contributed by atoms with Crippen LogP contribution in [0.4, 0.5) is 5.69 Å². The van der Waals surface area contributed by atoms with E-state index in [1.54, 1.807) is 43.6 Å². The summed E-state index contributed by atoms with van der Waals surface area (Å²) in [6, 6.07) is 16.5. The van der Waals surface area contributed by atoms with Gasteiger partial charge in [0.25, 0.3) is 15.9 Å². The highest BCUT2D eigenvalue weighted by Crippen LogP contribution is 2.57. The van der Waals surface area contributed by atoms with Crippen LogP contribution in [0.5, 0.6) is 11.5 Å². The molecule has 2 aliphatic rings. The van der Waals surface area contributed by atoms with Gasteiger partial charge in [-0.05, 0) is 93.9 Å². The van der Waals surface area contributed by atoms with Gasteiger partial charge in [-0.1, -0.05) is 17.7 Å². The van der Waals surface area contributed by atoms with E-state index < -0.39 is 27.5 Å². The van der Waals surface area contributed by atoms with Crippen molar-refractivity contribution in [3.8, 4) is 11.5 Å². The monoisotopic (exact) mass is 664 g/mol. The number of carbonyl (C=O) groups excluding carboxylic acids is 1. The minimum Gasteiger partial charge on any atom is -0.497 e. The molecule has 4 aromatic rings. The molecular weight excluding hydrogens is 628 g/mol. The van der Waals surface area contributed by atoms with Crippen LogP contribution < -0.4 is 13.8 Å². The van der Waals surface area contributed by atoms with Gasteiger partial charge in [0.15, 0.2) is 5.54 Å². The first-order valence-electron chi connectivity index (χ1n) is 15.1. The van der Waals surface area contributed by atoms with Crippen molar-refractivity contribution in [2.45, 2.75) is 55.8 Å². The van der Waals surface area contributed by atoms with Crippen LogP contribution in [-0.4, -0.2) is 63.0 Å². The van der Waals surface area contributed by atoms with Crippen LogP contribution in [0.1, 0.15) is 55.3 Å². The Balaban J connectivity index is 1.65. The number of carbonyl (C=O) groups is 1. The predicted octanol–water partition coefficient (Wildman–Crippen LogP) is 6.00. The van der Waals surface area contributed by atoms with Crippen molar-refractivity contribution in [1.29, 1.82) is 0 Å². The van der Waals surface area contributed by atoms with Gasteiger partial charge in [-0.25, -0.2) is 17.7 Å². The number of nitrogens with zero attached hydrogens (tertiary/aromatic N) is 4. The number of amides is 1. The molecule has 46 heavy (non-hydrogen) atoms. The third kappa shape index (κ3) is 5.15. The largest absolute Gasteiger partial charge is 0.497 e. The Labute approximate surface area is 274 Å². The Morgan fingerprint density at radius 1 is 1.07 bits per heavy atom. The van der Waals surface area contributed by atoms with Gasteiger partial charge in [-0.15, -0.1) is 0 Å². The number of ether oxygens (including phenoxy) is 2. The number of sulfonamides is 1. The summed E-state index contributed by atoms with van der Waals surface area (Å²) in [6.45, 7) is 5.27. The fraction of sp³-hybridized carbons (Fsp3) is 0.353. The van der Waals surface area contributed by atoms with Crippen LogP contribution in [-0.2, 0) is 26.9 Å². The van der Waals surface area contributed by atoms with Gasteiger partial charge in [-0.2, -0.15) is 0 Å². The number of likely N-dealkylation sites (tertiary alicyclic amines) is 1. The number of anilines is 1. The SMILES string of the molecule is COc1ccc(S(=O)(=O)N2C(=O)C(c3cc(CN(C)C(C)C)ccc3OC)(N3CCC[C@H]3c3ncco3)c3cc(Cl)ccc32)cc1. The lowest BCUT2D eigenvalue weighted by Gasteiger charge is -2.41. The molecule has 12 heteroatoms. The van der Waals surface area contributed by atoms with Crippen LogP contribution in [0.2, 0.25) is 5.02 Å². The molecule has 0 aliphatic carbocycles. The highest BCUT2D eigenvalue weighted by Gasteiger charge is 2.62. The van der Waals surface area contributed by atoms with Crippen LogP contribution in [0, 0.1) is 0 Å². The first kappa shape index (κ1) is 32.1. The second-order valence-electron chi connectivity index (χ2n) is 11.9. The highest BCUT2D eigenvalue weighted by atomic mass is 35.5. The molecule has 6 rings (SSSR count). The molecule has 10 nitrogen and oxygen atoms in total. The molecule has 2 atom stereocenters. The van der Waals surface area contributed by atoms with Crippen molar-refractivity contribution in [2.75, 3.05) is 32.1 Å². The van der Waals surface area contributed by atoms with E-state index in [9.17, 15) is 8.42 Å². The molecule has 1 fully saturated rings. The highest BCUT2D eigenvalue weighted by molar-refractivity contribution is 7.93. The number of hydrogen-bond acceptors (Lipinski definition) is 9. The standard InChI is InChI=1S/C34H37ClN4O6S/c1-22(2)37(3)21-23-8-15-31(44-5)28(19-23)34(38-17-6-7-30(38)32-36-16-18-45-32)27-20-24(35)9-14-29(27)39(33(34)40)46(41,42)26-12-10-25(43-4)11-13-26/h8-16,18-20,22,30H,6-7,17,21H2,1-5H3/t30-,34?/m0/s1. The third-order valence-corrected chi connectivity index (χ3v) is 11.0. The van der Waals surface area contributed by atoms with E-state index in [1.165, 1.54) is 25.5 Å². The molecule has 1 unspecified atom stereocenters. The van der Waals surface area contributed by atoms with E-state index in [4.69, 9.17) is 25.5 Å². The van der Waals surface area contributed by atoms with E-state index in [2.05, 4.69) is 23.7 Å².